The van der Waals surface area contributed by atoms with Crippen LogP contribution in [-0.2, 0) is 15.3 Å². The van der Waals surface area contributed by atoms with Crippen molar-refractivity contribution in [2.75, 3.05) is 4.90 Å². The van der Waals surface area contributed by atoms with Crippen LogP contribution in [0.5, 0.6) is 0 Å². The first-order valence-electron chi connectivity index (χ1n) is 9.04. The van der Waals surface area contributed by atoms with Gasteiger partial charge in [-0.05, 0) is 30.4 Å². The predicted octanol–water partition coefficient (Wildman–Crippen LogP) is 2.53. The molecule has 7 unspecified atom stereocenters. The zero-order valence-electron chi connectivity index (χ0n) is 13.7. The van der Waals surface area contributed by atoms with Crippen molar-refractivity contribution in [1.29, 1.82) is 0 Å². The van der Waals surface area contributed by atoms with Crippen LogP contribution in [0.4, 0.5) is 5.69 Å². The number of rotatable bonds is 2. The van der Waals surface area contributed by atoms with Gasteiger partial charge in [0.1, 0.15) is 0 Å². The highest BCUT2D eigenvalue weighted by Gasteiger charge is 2.79. The maximum absolute atomic E-state index is 13.5. The van der Waals surface area contributed by atoms with Crippen LogP contribution in [0.15, 0.2) is 60.7 Å². The lowest BCUT2D eigenvalue weighted by Crippen LogP contribution is -2.49. The first-order valence-corrected chi connectivity index (χ1v) is 9.04. The van der Waals surface area contributed by atoms with Crippen molar-refractivity contribution in [3.63, 3.8) is 0 Å². The summed E-state index contributed by atoms with van der Waals surface area (Å²) in [7, 11) is 0. The Morgan fingerprint density at radius 2 is 1.68 bits per heavy atom. The van der Waals surface area contributed by atoms with Crippen molar-refractivity contribution in [3.05, 3.63) is 66.2 Å². The molecule has 2 heterocycles. The van der Waals surface area contributed by atoms with E-state index in [0.717, 1.165) is 17.7 Å². The molecule has 7 atom stereocenters. The molecule has 4 heteroatoms. The fraction of sp³-hybridized carbons (Fsp3) is 0.381. The van der Waals surface area contributed by atoms with Crippen molar-refractivity contribution in [1.82, 2.24) is 0 Å². The zero-order valence-corrected chi connectivity index (χ0v) is 13.7. The molecule has 0 radical (unpaired) electrons. The summed E-state index contributed by atoms with van der Waals surface area (Å²) < 4.78 is 6.61. The molecule has 2 aliphatic carbocycles. The van der Waals surface area contributed by atoms with Crippen LogP contribution in [0.25, 0.3) is 0 Å². The van der Waals surface area contributed by atoms with Gasteiger partial charge in [0.05, 0.1) is 18.1 Å². The Morgan fingerprint density at radius 1 is 1.00 bits per heavy atom. The van der Waals surface area contributed by atoms with Gasteiger partial charge in [-0.25, -0.2) is 0 Å². The number of carbonyl (C=O) groups excluding carboxylic acids is 1. The normalized spacial score (nSPS) is 43.2. The Balaban J connectivity index is 1.62. The van der Waals surface area contributed by atoms with Crippen molar-refractivity contribution < 1.29 is 14.6 Å². The Labute approximate surface area is 146 Å². The Kier molecular flexibility index (Phi) is 2.53. The van der Waals surface area contributed by atoms with Crippen molar-refractivity contribution in [2.45, 2.75) is 24.4 Å². The highest BCUT2D eigenvalue weighted by Crippen LogP contribution is 2.70. The average molecular weight is 333 g/mol. The summed E-state index contributed by atoms with van der Waals surface area (Å²) in [4.78, 5) is 15.3. The maximum atomic E-state index is 13.5. The van der Waals surface area contributed by atoms with Gasteiger partial charge < -0.3 is 9.84 Å². The molecule has 2 bridgehead atoms. The molecular formula is C21H19NO3. The summed E-state index contributed by atoms with van der Waals surface area (Å²) >= 11 is 0. The number of aliphatic hydroxyl groups is 1. The molecule has 2 aliphatic heterocycles. The smallest absolute Gasteiger partial charge is 0.233 e. The van der Waals surface area contributed by atoms with Gasteiger partial charge >= 0.3 is 0 Å². The summed E-state index contributed by atoms with van der Waals surface area (Å²) in [6, 6.07) is 19.9. The molecule has 4 nitrogen and oxygen atoms in total. The third kappa shape index (κ3) is 1.45. The molecule has 4 fully saturated rings. The molecule has 126 valence electrons. The second-order valence-electron chi connectivity index (χ2n) is 7.76. The summed E-state index contributed by atoms with van der Waals surface area (Å²) in [6.07, 6.45) is 0.230. The van der Waals surface area contributed by atoms with Crippen molar-refractivity contribution >= 4 is 11.6 Å². The van der Waals surface area contributed by atoms with Crippen LogP contribution >= 0.6 is 0 Å². The topological polar surface area (TPSA) is 49.8 Å². The third-order valence-electron chi connectivity index (χ3n) is 6.86. The van der Waals surface area contributed by atoms with Crippen LogP contribution in [0.1, 0.15) is 12.0 Å². The molecule has 1 amide bonds. The van der Waals surface area contributed by atoms with Gasteiger partial charge in [0.2, 0.25) is 5.91 Å². The number of hydrogen-bond donors (Lipinski definition) is 1. The minimum absolute atomic E-state index is 0.0341. The summed E-state index contributed by atoms with van der Waals surface area (Å²) in [6.45, 7) is 0. The second-order valence-corrected chi connectivity index (χ2v) is 7.76. The molecule has 4 aliphatic rings. The lowest BCUT2D eigenvalue weighted by Gasteiger charge is -2.39. The first-order chi connectivity index (χ1) is 12.2. The number of benzene rings is 2. The minimum atomic E-state index is -0.786. The highest BCUT2D eigenvalue weighted by atomic mass is 16.6. The van der Waals surface area contributed by atoms with Crippen LogP contribution in [0.2, 0.25) is 0 Å². The second kappa shape index (κ2) is 4.51. The lowest BCUT2D eigenvalue weighted by molar-refractivity contribution is -0.133. The fourth-order valence-corrected chi connectivity index (χ4v) is 6.12. The van der Waals surface area contributed by atoms with Crippen LogP contribution in [0, 0.1) is 23.7 Å². The lowest BCUT2D eigenvalue weighted by atomic mass is 9.75. The van der Waals surface area contributed by atoms with Crippen LogP contribution in [0.3, 0.4) is 0 Å². The SMILES string of the molecule is O=C1C2C3CC4C(OC(c5ccccc5)(C42)N1c1ccccc1)C3O. The molecule has 2 saturated heterocycles. The average Bonchev–Trinajstić information content (AvgIpc) is 3.32. The number of para-hydroxylation sites is 1. The monoisotopic (exact) mass is 333 g/mol. The van der Waals surface area contributed by atoms with Gasteiger partial charge in [-0.1, -0.05) is 48.5 Å². The molecule has 0 spiro atoms. The Hall–Kier alpha value is -2.17. The van der Waals surface area contributed by atoms with E-state index < -0.39 is 11.8 Å². The van der Waals surface area contributed by atoms with E-state index in [2.05, 4.69) is 12.1 Å². The van der Waals surface area contributed by atoms with E-state index in [0.29, 0.717) is 0 Å². The Morgan fingerprint density at radius 3 is 2.40 bits per heavy atom. The number of fused-ring (bicyclic) bond motifs is 2. The van der Waals surface area contributed by atoms with E-state index in [1.807, 2.05) is 53.4 Å². The molecule has 2 aromatic rings. The molecule has 2 aromatic carbocycles. The van der Waals surface area contributed by atoms with E-state index in [9.17, 15) is 9.90 Å². The molecule has 1 N–H and O–H groups in total. The number of nitrogens with zero attached hydrogens (tertiary/aromatic N) is 1. The number of hydrogen-bond acceptors (Lipinski definition) is 3. The standard InChI is InChI=1S/C21H19NO3/c23-18-14-11-15-17-16(14)20(24)22(13-9-5-2-6-10-13)21(17,25-19(15)18)12-7-3-1-4-8-12/h1-10,14-19,23H,11H2. The number of ether oxygens (including phenoxy) is 1. The number of carbonyl (C=O) groups is 1. The van der Waals surface area contributed by atoms with Gasteiger partial charge in [-0.15, -0.1) is 0 Å². The minimum Gasteiger partial charge on any atom is -0.390 e. The van der Waals surface area contributed by atoms with Gasteiger partial charge in [0.25, 0.3) is 0 Å². The van der Waals surface area contributed by atoms with E-state index >= 15 is 0 Å². The molecule has 0 aromatic heterocycles. The highest BCUT2D eigenvalue weighted by molar-refractivity contribution is 6.00. The van der Waals surface area contributed by atoms with Crippen molar-refractivity contribution in [2.24, 2.45) is 23.7 Å². The number of amides is 1. The predicted molar refractivity (Wildman–Crippen MR) is 91.5 cm³/mol. The zero-order chi connectivity index (χ0) is 16.8. The maximum Gasteiger partial charge on any atom is 0.233 e. The fourth-order valence-electron chi connectivity index (χ4n) is 6.12. The molecule has 25 heavy (non-hydrogen) atoms. The largest absolute Gasteiger partial charge is 0.390 e. The van der Waals surface area contributed by atoms with E-state index in [4.69, 9.17) is 4.74 Å². The summed E-state index contributed by atoms with van der Waals surface area (Å²) in [5.74, 6) is 0.389. The van der Waals surface area contributed by atoms with E-state index in [-0.39, 0.29) is 35.7 Å². The van der Waals surface area contributed by atoms with E-state index in [1.54, 1.807) is 0 Å². The summed E-state index contributed by atoms with van der Waals surface area (Å²) in [5, 5.41) is 10.7. The first kappa shape index (κ1) is 14.0. The quantitative estimate of drug-likeness (QED) is 0.919. The molecule has 2 saturated carbocycles. The van der Waals surface area contributed by atoms with Crippen molar-refractivity contribution in [3.8, 4) is 0 Å². The van der Waals surface area contributed by atoms with Crippen LogP contribution in [-0.4, -0.2) is 23.2 Å². The van der Waals surface area contributed by atoms with Crippen LogP contribution < -0.4 is 4.90 Å². The van der Waals surface area contributed by atoms with Gasteiger partial charge in [0, 0.05) is 17.2 Å². The number of anilines is 1. The number of aliphatic hydroxyl groups excluding tert-OH is 1. The van der Waals surface area contributed by atoms with Gasteiger partial charge in [-0.2, -0.15) is 0 Å². The third-order valence-corrected chi connectivity index (χ3v) is 6.86. The summed E-state index contributed by atoms with van der Waals surface area (Å²) in [5.41, 5.74) is 1.11. The molecule has 6 rings (SSSR count). The van der Waals surface area contributed by atoms with Gasteiger partial charge in [-0.3, -0.25) is 9.69 Å². The van der Waals surface area contributed by atoms with Gasteiger partial charge in [0.15, 0.2) is 5.72 Å². The Bertz CT molecular complexity index is 854. The molecular weight excluding hydrogens is 314 g/mol. The van der Waals surface area contributed by atoms with E-state index in [1.165, 1.54) is 0 Å².